The summed E-state index contributed by atoms with van der Waals surface area (Å²) in [4.78, 5) is 29.3. The fourth-order valence-electron chi connectivity index (χ4n) is 5.65. The van der Waals surface area contributed by atoms with Crippen molar-refractivity contribution in [1.29, 1.82) is 0 Å². The smallest absolute Gasteiger partial charge is 0.322 e. The Kier molecular flexibility index (Phi) is 6.09. The number of hydrogen-bond acceptors (Lipinski definition) is 5. The SMILES string of the molecule is COCC(=O)N1CC2(C1)CN(C(=O)Nc1ccccc1F)[C@@H](CO)c1c2c2ccc(OC)cc2n1C. The molecule has 10 heteroatoms. The second kappa shape index (κ2) is 9.11. The van der Waals surface area contributed by atoms with Gasteiger partial charge in [-0.2, -0.15) is 0 Å². The van der Waals surface area contributed by atoms with Gasteiger partial charge in [0.1, 0.15) is 18.2 Å². The van der Waals surface area contributed by atoms with Crippen LogP contribution in [0.3, 0.4) is 0 Å². The molecule has 190 valence electrons. The number of amides is 3. The van der Waals surface area contributed by atoms with E-state index in [0.29, 0.717) is 18.8 Å². The van der Waals surface area contributed by atoms with Gasteiger partial charge in [-0.15, -0.1) is 0 Å². The molecule has 1 saturated heterocycles. The molecule has 5 rings (SSSR count). The predicted molar refractivity (Wildman–Crippen MR) is 132 cm³/mol. The number of hydrogen-bond donors (Lipinski definition) is 2. The first-order chi connectivity index (χ1) is 17.3. The molecule has 0 bridgehead atoms. The molecule has 1 aromatic heterocycles. The van der Waals surface area contributed by atoms with Gasteiger partial charge in [0.25, 0.3) is 0 Å². The van der Waals surface area contributed by atoms with Crippen molar-refractivity contribution in [2.75, 3.05) is 52.4 Å². The van der Waals surface area contributed by atoms with Crippen LogP contribution in [0.1, 0.15) is 17.3 Å². The highest BCUT2D eigenvalue weighted by Gasteiger charge is 2.55. The summed E-state index contributed by atoms with van der Waals surface area (Å²) in [5.74, 6) is 0.0171. The van der Waals surface area contributed by atoms with Crippen LogP contribution in [0.15, 0.2) is 42.5 Å². The van der Waals surface area contributed by atoms with Gasteiger partial charge in [0, 0.05) is 50.9 Å². The molecule has 0 radical (unpaired) electrons. The quantitative estimate of drug-likeness (QED) is 0.566. The van der Waals surface area contributed by atoms with Crippen molar-refractivity contribution in [2.24, 2.45) is 7.05 Å². The van der Waals surface area contributed by atoms with E-state index in [0.717, 1.165) is 22.2 Å². The number of ether oxygens (including phenoxy) is 2. The summed E-state index contributed by atoms with van der Waals surface area (Å²) < 4.78 is 26.7. The number of carbonyl (C=O) groups excluding carboxylic acids is 2. The van der Waals surface area contributed by atoms with Gasteiger partial charge in [-0.1, -0.05) is 12.1 Å². The minimum Gasteiger partial charge on any atom is -0.497 e. The van der Waals surface area contributed by atoms with Gasteiger partial charge in [0.05, 0.1) is 36.4 Å². The normalized spacial score (nSPS) is 18.2. The van der Waals surface area contributed by atoms with Crippen LogP contribution in [-0.2, 0) is 22.0 Å². The predicted octanol–water partition coefficient (Wildman–Crippen LogP) is 2.63. The molecule has 9 nitrogen and oxygen atoms in total. The molecule has 36 heavy (non-hydrogen) atoms. The number of urea groups is 1. The molecule has 1 atom stereocenters. The number of nitrogens with one attached hydrogen (secondary N) is 1. The summed E-state index contributed by atoms with van der Waals surface area (Å²) >= 11 is 0. The average Bonchev–Trinajstić information content (AvgIpc) is 3.15. The Morgan fingerprint density at radius 3 is 2.58 bits per heavy atom. The molecule has 2 aliphatic heterocycles. The van der Waals surface area contributed by atoms with E-state index in [2.05, 4.69) is 5.32 Å². The average molecular weight is 497 g/mol. The van der Waals surface area contributed by atoms with Gasteiger partial charge in [0.15, 0.2) is 0 Å². The number of methoxy groups -OCH3 is 2. The zero-order valence-electron chi connectivity index (χ0n) is 20.5. The first kappa shape index (κ1) is 24.1. The minimum atomic E-state index is -0.662. The van der Waals surface area contributed by atoms with E-state index >= 15 is 0 Å². The van der Waals surface area contributed by atoms with Crippen molar-refractivity contribution in [3.63, 3.8) is 0 Å². The third-order valence-electron chi connectivity index (χ3n) is 7.31. The lowest BCUT2D eigenvalue weighted by atomic mass is 9.68. The third-order valence-corrected chi connectivity index (χ3v) is 7.31. The van der Waals surface area contributed by atoms with Crippen LogP contribution in [0, 0.1) is 5.82 Å². The molecule has 0 saturated carbocycles. The Balaban J connectivity index is 1.61. The summed E-state index contributed by atoms with van der Waals surface area (Å²) in [6.07, 6.45) is 0. The maximum Gasteiger partial charge on any atom is 0.322 e. The molecule has 1 fully saturated rings. The maximum atomic E-state index is 14.3. The molecular weight excluding hydrogens is 467 g/mol. The van der Waals surface area contributed by atoms with Gasteiger partial charge in [0.2, 0.25) is 5.91 Å². The van der Waals surface area contributed by atoms with Crippen molar-refractivity contribution in [2.45, 2.75) is 11.5 Å². The van der Waals surface area contributed by atoms with Crippen LogP contribution in [0.5, 0.6) is 5.75 Å². The number of para-hydroxylation sites is 1. The first-order valence-corrected chi connectivity index (χ1v) is 11.7. The Labute approximate surface area is 208 Å². The number of aromatic nitrogens is 1. The van der Waals surface area contributed by atoms with Gasteiger partial charge < -0.3 is 34.3 Å². The number of carbonyl (C=O) groups is 2. The fourth-order valence-corrected chi connectivity index (χ4v) is 5.65. The zero-order chi connectivity index (χ0) is 25.6. The standard InChI is InChI=1S/C26H29FN4O5/c1-29-20-10-16(36-3)8-9-17(20)23-24(29)21(11-32)31(25(34)28-19-7-5-4-6-18(19)27)15-26(23)13-30(14-26)22(33)12-35-2/h4-10,21,32H,11-15H2,1-3H3,(H,28,34)/t21-/m0/s1. The molecule has 3 heterocycles. The maximum absolute atomic E-state index is 14.3. The lowest BCUT2D eigenvalue weighted by Gasteiger charge is -2.56. The molecule has 2 N–H and O–H groups in total. The van der Waals surface area contributed by atoms with E-state index in [9.17, 15) is 19.1 Å². The van der Waals surface area contributed by atoms with Crippen molar-refractivity contribution in [3.8, 4) is 5.75 Å². The van der Waals surface area contributed by atoms with Gasteiger partial charge >= 0.3 is 6.03 Å². The number of aryl methyl sites for hydroxylation is 1. The lowest BCUT2D eigenvalue weighted by Crippen LogP contribution is -2.68. The van der Waals surface area contributed by atoms with Gasteiger partial charge in [-0.25, -0.2) is 9.18 Å². The van der Waals surface area contributed by atoms with E-state index in [1.807, 2.05) is 29.8 Å². The van der Waals surface area contributed by atoms with E-state index in [1.54, 1.807) is 29.0 Å². The Morgan fingerprint density at radius 1 is 1.17 bits per heavy atom. The highest BCUT2D eigenvalue weighted by Crippen LogP contribution is 2.49. The molecular formula is C26H29FN4O5. The number of benzene rings is 2. The van der Waals surface area contributed by atoms with Crippen LogP contribution in [0.4, 0.5) is 14.9 Å². The number of nitrogens with zero attached hydrogens (tertiary/aromatic N) is 3. The number of likely N-dealkylation sites (tertiary alicyclic amines) is 1. The Hall–Kier alpha value is -3.63. The van der Waals surface area contributed by atoms with Crippen LogP contribution in [-0.4, -0.2) is 78.5 Å². The summed E-state index contributed by atoms with van der Waals surface area (Å²) in [6.45, 7) is 0.713. The largest absolute Gasteiger partial charge is 0.497 e. The minimum absolute atomic E-state index is 0.0214. The second-order valence-electron chi connectivity index (χ2n) is 9.40. The number of fused-ring (bicyclic) bond motifs is 4. The second-order valence-corrected chi connectivity index (χ2v) is 9.40. The summed E-state index contributed by atoms with van der Waals surface area (Å²) in [5.41, 5.74) is 2.21. The number of aliphatic hydroxyl groups excluding tert-OH is 1. The topological polar surface area (TPSA) is 96.3 Å². The summed E-state index contributed by atoms with van der Waals surface area (Å²) in [7, 11) is 4.97. The molecule has 3 aromatic rings. The van der Waals surface area contributed by atoms with Gasteiger partial charge in [-0.3, -0.25) is 4.79 Å². The molecule has 1 spiro atoms. The van der Waals surface area contributed by atoms with E-state index in [4.69, 9.17) is 9.47 Å². The van der Waals surface area contributed by atoms with Crippen LogP contribution in [0.25, 0.3) is 10.9 Å². The monoisotopic (exact) mass is 496 g/mol. The third kappa shape index (κ3) is 3.68. The van der Waals surface area contributed by atoms with Crippen molar-refractivity contribution in [3.05, 3.63) is 59.5 Å². The van der Waals surface area contributed by atoms with Crippen LogP contribution in [0.2, 0.25) is 0 Å². The van der Waals surface area contributed by atoms with Crippen molar-refractivity contribution in [1.82, 2.24) is 14.4 Å². The van der Waals surface area contributed by atoms with E-state index in [-0.39, 0.29) is 31.4 Å². The fraction of sp³-hybridized carbons (Fsp3) is 0.385. The molecule has 0 unspecified atom stereocenters. The highest BCUT2D eigenvalue weighted by molar-refractivity contribution is 5.93. The van der Waals surface area contributed by atoms with E-state index < -0.39 is 23.3 Å². The molecule has 2 aromatic carbocycles. The molecule has 3 amide bonds. The van der Waals surface area contributed by atoms with Crippen LogP contribution < -0.4 is 10.1 Å². The van der Waals surface area contributed by atoms with Crippen molar-refractivity contribution >= 4 is 28.5 Å². The Bertz CT molecular complexity index is 1330. The highest BCUT2D eigenvalue weighted by atomic mass is 19.1. The van der Waals surface area contributed by atoms with Crippen molar-refractivity contribution < 1.29 is 28.6 Å². The summed E-state index contributed by atoms with van der Waals surface area (Å²) in [5, 5.41) is 14.1. The number of anilines is 1. The zero-order valence-corrected chi connectivity index (χ0v) is 20.5. The number of aliphatic hydroxyl groups is 1. The van der Waals surface area contributed by atoms with E-state index in [1.165, 1.54) is 19.2 Å². The lowest BCUT2D eigenvalue weighted by molar-refractivity contribution is -0.144. The first-order valence-electron chi connectivity index (χ1n) is 11.7. The number of halogens is 1. The number of rotatable bonds is 5. The Morgan fingerprint density at radius 2 is 1.92 bits per heavy atom. The molecule has 0 aliphatic carbocycles. The summed E-state index contributed by atoms with van der Waals surface area (Å²) in [6, 6.07) is 10.6. The van der Waals surface area contributed by atoms with Crippen LogP contribution >= 0.6 is 0 Å². The van der Waals surface area contributed by atoms with Gasteiger partial charge in [-0.05, 0) is 29.8 Å². The molecule has 2 aliphatic rings.